The molecule has 0 aliphatic rings. The normalized spacial score (nSPS) is 11.4. The van der Waals surface area contributed by atoms with Crippen LogP contribution >= 0.6 is 0 Å². The summed E-state index contributed by atoms with van der Waals surface area (Å²) in [5, 5.41) is 0. The monoisotopic (exact) mass is 692 g/mol. The Labute approximate surface area is 241 Å². The lowest BCUT2D eigenvalue weighted by molar-refractivity contribution is -0.849. The minimum absolute atomic E-state index is 0. The minimum Gasteiger partial charge on any atom is -1.00 e. The Bertz CT molecular complexity index is 796. The molecule has 2 amide bonds. The van der Waals surface area contributed by atoms with Crippen molar-refractivity contribution in [3.63, 3.8) is 0 Å². The zero-order chi connectivity index (χ0) is 23.8. The summed E-state index contributed by atoms with van der Waals surface area (Å²) >= 11 is 0. The Morgan fingerprint density at radius 1 is 0.500 bits per heavy atom. The molecular weight excluding hydrogens is 650 g/mol. The number of benzene rings is 2. The van der Waals surface area contributed by atoms with Crippen molar-refractivity contribution in [1.29, 1.82) is 0 Å². The zero-order valence-electron chi connectivity index (χ0n) is 21.7. The van der Waals surface area contributed by atoms with Crippen molar-refractivity contribution < 1.29 is 66.5 Å². The van der Waals surface area contributed by atoms with Crippen molar-refractivity contribution in [1.82, 2.24) is 0 Å². The van der Waals surface area contributed by atoms with E-state index in [0.29, 0.717) is 33.6 Å². The van der Waals surface area contributed by atoms with Gasteiger partial charge in [-0.2, -0.15) is 0 Å². The summed E-state index contributed by atoms with van der Waals surface area (Å²) < 4.78 is 1.08. The van der Waals surface area contributed by atoms with Gasteiger partial charge in [-0.05, 0) is 63.8 Å². The first-order chi connectivity index (χ1) is 15.3. The Morgan fingerprint density at radius 2 is 0.735 bits per heavy atom. The minimum atomic E-state index is 0. The third-order valence-corrected chi connectivity index (χ3v) is 7.64. The lowest BCUT2D eigenvalue weighted by atomic mass is 10.00. The fourth-order valence-corrected chi connectivity index (χ4v) is 4.71. The Balaban J connectivity index is 0.00000544. The average molecular weight is 692 g/mol. The molecule has 0 saturated carbocycles. The van der Waals surface area contributed by atoms with E-state index >= 15 is 0 Å². The molecule has 0 fully saturated rings. The number of likely N-dealkylation sites (N-methyl/N-ethyl adjacent to an activating group) is 2. The van der Waals surface area contributed by atoms with Gasteiger partial charge >= 0.3 is 11.8 Å². The number of quaternary nitrogens is 2. The lowest BCUT2D eigenvalue weighted by Gasteiger charge is -2.32. The van der Waals surface area contributed by atoms with E-state index in [-0.39, 0.29) is 48.0 Å². The Morgan fingerprint density at radius 3 is 0.941 bits per heavy atom. The molecule has 0 aliphatic carbocycles. The molecule has 190 valence electrons. The smallest absolute Gasteiger partial charge is 0.318 e. The molecule has 34 heavy (non-hydrogen) atoms. The maximum absolute atomic E-state index is 12.9. The first-order valence-electron chi connectivity index (χ1n) is 12.3. The number of carbonyl (C=O) groups excluding carboxylic acids is 2. The first-order valence-corrected chi connectivity index (χ1v) is 12.3. The maximum Gasteiger partial charge on any atom is 0.318 e. The van der Waals surface area contributed by atoms with Gasteiger partial charge in [-0.15, -0.1) is 0 Å². The van der Waals surface area contributed by atoms with Crippen LogP contribution < -0.4 is 48.0 Å². The molecule has 4 nitrogen and oxygen atoms in total. The molecule has 0 radical (unpaired) electrons. The van der Waals surface area contributed by atoms with Crippen LogP contribution in [0.4, 0.5) is 0 Å². The van der Waals surface area contributed by atoms with Crippen LogP contribution in [0.1, 0.15) is 52.7 Å². The van der Waals surface area contributed by atoms with Crippen LogP contribution in [0.25, 0.3) is 11.1 Å². The van der Waals surface area contributed by atoms with Gasteiger partial charge in [0.1, 0.15) is 0 Å². The Hall–Kier alpha value is -0.840. The van der Waals surface area contributed by atoms with Crippen LogP contribution in [-0.4, -0.2) is 60.0 Å². The van der Waals surface area contributed by atoms with E-state index in [9.17, 15) is 9.59 Å². The summed E-state index contributed by atoms with van der Waals surface area (Å²) in [7, 11) is 0. The summed E-state index contributed by atoms with van der Waals surface area (Å²) in [5.74, 6) is 0.583. The van der Waals surface area contributed by atoms with Crippen molar-refractivity contribution in [2.75, 3.05) is 39.3 Å². The van der Waals surface area contributed by atoms with Crippen molar-refractivity contribution >= 4 is 11.8 Å². The molecule has 2 aromatic carbocycles. The van der Waals surface area contributed by atoms with Crippen LogP contribution in [0.5, 0.6) is 0 Å². The lowest BCUT2D eigenvalue weighted by Crippen LogP contribution is -3.00. The van der Waals surface area contributed by atoms with E-state index in [1.54, 1.807) is 0 Å². The molecule has 0 spiro atoms. The summed E-state index contributed by atoms with van der Waals surface area (Å²) in [6, 6.07) is 16.6. The molecule has 0 heterocycles. The van der Waals surface area contributed by atoms with Crippen molar-refractivity contribution in [3.8, 4) is 11.1 Å². The molecule has 0 N–H and O–H groups in total. The second kappa shape index (κ2) is 15.3. The fraction of sp³-hybridized carbons (Fsp3) is 0.500. The van der Waals surface area contributed by atoms with Gasteiger partial charge in [0.2, 0.25) is 0 Å². The number of carbonyl (C=O) groups is 2. The summed E-state index contributed by atoms with van der Waals surface area (Å²) in [5.41, 5.74) is 4.38. The van der Waals surface area contributed by atoms with E-state index in [4.69, 9.17) is 0 Å². The molecular formula is C28H42I2N2O2. The van der Waals surface area contributed by atoms with Crippen LogP contribution in [0.3, 0.4) is 0 Å². The van der Waals surface area contributed by atoms with Crippen LogP contribution in [0, 0.1) is 0 Å². The van der Waals surface area contributed by atoms with E-state index in [2.05, 4.69) is 90.1 Å². The predicted octanol–water partition coefficient (Wildman–Crippen LogP) is -0.747. The van der Waals surface area contributed by atoms with Crippen molar-refractivity contribution in [2.45, 2.75) is 54.4 Å². The van der Waals surface area contributed by atoms with Gasteiger partial charge in [0.25, 0.3) is 0 Å². The zero-order valence-corrected chi connectivity index (χ0v) is 26.1. The van der Waals surface area contributed by atoms with Crippen LogP contribution in [-0.2, 0) is 22.4 Å². The number of rotatable bonds is 11. The number of halogens is 2. The highest BCUT2D eigenvalue weighted by Crippen LogP contribution is 2.22. The third kappa shape index (κ3) is 7.58. The summed E-state index contributed by atoms with van der Waals surface area (Å²) in [6.45, 7) is 17.6. The number of amides is 2. The largest absolute Gasteiger partial charge is 1.00 e. The number of hydrogen-bond acceptors (Lipinski definition) is 2. The SMILES string of the molecule is CC[N+](CC)(CC)C(=O)Cc1ccc(-c2ccc(CC(=O)[N+](CC)(CC)CC)cc2)cc1.[I-].[I-]. The Kier molecular flexibility index (Phi) is 14.9. The van der Waals surface area contributed by atoms with Crippen molar-refractivity contribution in [3.05, 3.63) is 59.7 Å². The molecule has 0 bridgehead atoms. The van der Waals surface area contributed by atoms with Gasteiger partial charge in [0, 0.05) is 0 Å². The number of hydrogen-bond donors (Lipinski definition) is 0. The van der Waals surface area contributed by atoms with Crippen LogP contribution in [0.2, 0.25) is 0 Å². The molecule has 2 rings (SSSR count). The first kappa shape index (κ1) is 33.2. The fourth-order valence-electron chi connectivity index (χ4n) is 4.71. The average Bonchev–Trinajstić information content (AvgIpc) is 2.83. The predicted molar refractivity (Wildman–Crippen MR) is 133 cm³/mol. The molecule has 0 aliphatic heterocycles. The van der Waals surface area contributed by atoms with E-state index < -0.39 is 0 Å². The third-order valence-electron chi connectivity index (χ3n) is 7.64. The van der Waals surface area contributed by atoms with Crippen LogP contribution in [0.15, 0.2) is 48.5 Å². The van der Waals surface area contributed by atoms with E-state index in [1.165, 1.54) is 0 Å². The second-order valence-corrected chi connectivity index (χ2v) is 8.72. The molecule has 0 unspecified atom stereocenters. The maximum atomic E-state index is 12.9. The van der Waals surface area contributed by atoms with Gasteiger partial charge < -0.3 is 48.0 Å². The standard InChI is InChI=1S/C28H42N2O2.2HI/c1-7-29(8-2,9-3)27(31)21-23-13-17-25(18-14-23)26-19-15-24(16-20-26)22-28(32)30(10-4,11-5)12-6;;/h13-20H,7-12,21-22H2,1-6H3;2*1H/q+2;;/p-2. The van der Waals surface area contributed by atoms with Crippen molar-refractivity contribution in [2.24, 2.45) is 0 Å². The van der Waals surface area contributed by atoms with E-state index in [0.717, 1.165) is 61.5 Å². The molecule has 0 atom stereocenters. The molecule has 0 aromatic heterocycles. The molecule has 0 saturated heterocycles. The molecule has 6 heteroatoms. The molecule has 2 aromatic rings. The number of nitrogens with zero attached hydrogens (tertiary/aromatic N) is 2. The highest BCUT2D eigenvalue weighted by molar-refractivity contribution is 5.74. The summed E-state index contributed by atoms with van der Waals surface area (Å²) in [6.07, 6.45) is 0.951. The quantitative estimate of drug-likeness (QED) is 0.230. The summed E-state index contributed by atoms with van der Waals surface area (Å²) in [4.78, 5) is 25.8. The van der Waals surface area contributed by atoms with Gasteiger partial charge in [0.05, 0.1) is 52.1 Å². The highest BCUT2D eigenvalue weighted by atomic mass is 127. The second-order valence-electron chi connectivity index (χ2n) is 8.72. The topological polar surface area (TPSA) is 34.1 Å². The van der Waals surface area contributed by atoms with Gasteiger partial charge in [-0.1, -0.05) is 48.5 Å². The van der Waals surface area contributed by atoms with Gasteiger partial charge in [-0.25, -0.2) is 9.59 Å². The van der Waals surface area contributed by atoms with Gasteiger partial charge in [-0.3, -0.25) is 8.97 Å². The highest BCUT2D eigenvalue weighted by Gasteiger charge is 2.31. The van der Waals surface area contributed by atoms with Gasteiger partial charge in [0.15, 0.2) is 0 Å². The van der Waals surface area contributed by atoms with E-state index in [1.807, 2.05) is 0 Å².